The topological polar surface area (TPSA) is 72.3 Å². The molecule has 1 aromatic carbocycles. The van der Waals surface area contributed by atoms with E-state index in [-0.39, 0.29) is 5.82 Å². The zero-order valence-electron chi connectivity index (χ0n) is 9.90. The Morgan fingerprint density at radius 2 is 2.12 bits per heavy atom. The smallest absolute Gasteiger partial charge is 0.234 e. The number of para-hydroxylation sites is 1. The van der Waals surface area contributed by atoms with Gasteiger partial charge in [0.2, 0.25) is 5.91 Å². The third-order valence-electron chi connectivity index (χ3n) is 2.65. The molecule has 0 fully saturated rings. The maximum atomic E-state index is 13.5. The highest BCUT2D eigenvalue weighted by atomic mass is 19.1. The van der Waals surface area contributed by atoms with Crippen LogP contribution in [0.2, 0.25) is 0 Å². The summed E-state index contributed by atoms with van der Waals surface area (Å²) in [4.78, 5) is 12.6. The van der Waals surface area contributed by atoms with E-state index >= 15 is 0 Å². The van der Waals surface area contributed by atoms with Gasteiger partial charge in [-0.25, -0.2) is 4.39 Å². The Morgan fingerprint density at radius 3 is 2.65 bits per heavy atom. The normalized spacial score (nSPS) is 12.2. The molecule has 1 atom stereocenters. The van der Waals surface area contributed by atoms with Crippen molar-refractivity contribution in [1.82, 2.24) is 0 Å². The summed E-state index contributed by atoms with van der Waals surface area (Å²) < 4.78 is 13.5. The molecule has 4 N–H and O–H groups in total. The number of hydrogen-bond donors (Lipinski definition) is 2. The van der Waals surface area contributed by atoms with Crippen molar-refractivity contribution in [3.63, 3.8) is 0 Å². The first-order valence-corrected chi connectivity index (χ1v) is 5.60. The molecule has 0 aliphatic heterocycles. The number of nitrogens with two attached hydrogens (primary N) is 2. The Morgan fingerprint density at radius 1 is 1.47 bits per heavy atom. The van der Waals surface area contributed by atoms with Crippen molar-refractivity contribution < 1.29 is 9.18 Å². The number of hydrogen-bond acceptors (Lipinski definition) is 3. The van der Waals surface area contributed by atoms with Crippen LogP contribution in [0, 0.1) is 5.82 Å². The Hall–Kier alpha value is -1.62. The van der Waals surface area contributed by atoms with Crippen molar-refractivity contribution in [3.05, 3.63) is 30.1 Å². The molecule has 0 aliphatic carbocycles. The lowest BCUT2D eigenvalue weighted by Gasteiger charge is -2.24. The molecule has 5 heteroatoms. The number of carbonyl (C=O) groups is 1. The fraction of sp³-hybridized carbons (Fsp3) is 0.417. The second kappa shape index (κ2) is 6.20. The molecular weight excluding hydrogens is 221 g/mol. The van der Waals surface area contributed by atoms with E-state index in [1.807, 2.05) is 11.8 Å². The van der Waals surface area contributed by atoms with Gasteiger partial charge in [0.05, 0.1) is 11.7 Å². The molecule has 1 unspecified atom stereocenters. The minimum Gasteiger partial charge on any atom is -0.369 e. The molecule has 94 valence electrons. The molecule has 4 nitrogen and oxygen atoms in total. The first-order valence-electron chi connectivity index (χ1n) is 5.60. The van der Waals surface area contributed by atoms with Gasteiger partial charge >= 0.3 is 0 Å². The lowest BCUT2D eigenvalue weighted by molar-refractivity contribution is -0.119. The molecule has 0 spiro atoms. The van der Waals surface area contributed by atoms with Gasteiger partial charge in [0.25, 0.3) is 0 Å². The number of primary amides is 1. The van der Waals surface area contributed by atoms with Crippen LogP contribution in [-0.2, 0) is 4.79 Å². The van der Waals surface area contributed by atoms with Crippen LogP contribution in [0.25, 0.3) is 0 Å². The van der Waals surface area contributed by atoms with Crippen molar-refractivity contribution >= 4 is 11.6 Å². The second-order valence-electron chi connectivity index (χ2n) is 3.83. The quantitative estimate of drug-likeness (QED) is 0.773. The van der Waals surface area contributed by atoms with Crippen molar-refractivity contribution in [2.75, 3.05) is 18.0 Å². The van der Waals surface area contributed by atoms with E-state index in [1.165, 1.54) is 6.07 Å². The monoisotopic (exact) mass is 239 g/mol. The molecule has 0 bridgehead atoms. The second-order valence-corrected chi connectivity index (χ2v) is 3.83. The Bertz CT molecular complexity index is 384. The molecule has 0 aliphatic rings. The largest absolute Gasteiger partial charge is 0.369 e. The summed E-state index contributed by atoms with van der Waals surface area (Å²) in [6, 6.07) is 5.84. The zero-order valence-corrected chi connectivity index (χ0v) is 9.90. The summed E-state index contributed by atoms with van der Waals surface area (Å²) in [5.74, 6) is -0.809. The van der Waals surface area contributed by atoms with E-state index in [9.17, 15) is 9.18 Å². The molecule has 1 aromatic rings. The molecule has 0 saturated heterocycles. The van der Waals surface area contributed by atoms with Crippen LogP contribution < -0.4 is 16.4 Å². The molecule has 0 radical (unpaired) electrons. The number of halogens is 1. The number of rotatable bonds is 6. The van der Waals surface area contributed by atoms with Crippen molar-refractivity contribution in [2.45, 2.75) is 19.4 Å². The van der Waals surface area contributed by atoms with E-state index in [0.717, 1.165) is 0 Å². The van der Waals surface area contributed by atoms with Crippen molar-refractivity contribution in [1.29, 1.82) is 0 Å². The zero-order chi connectivity index (χ0) is 12.8. The first-order chi connectivity index (χ1) is 8.06. The summed E-state index contributed by atoms with van der Waals surface area (Å²) in [6.07, 6.45) is 0.414. The number of benzene rings is 1. The Kier molecular flexibility index (Phi) is 4.90. The van der Waals surface area contributed by atoms with Crippen LogP contribution in [0.15, 0.2) is 24.3 Å². The van der Waals surface area contributed by atoms with E-state index in [4.69, 9.17) is 11.5 Å². The summed E-state index contributed by atoms with van der Waals surface area (Å²) in [7, 11) is 0. The number of amides is 1. The van der Waals surface area contributed by atoms with Gasteiger partial charge in [-0.3, -0.25) is 4.79 Å². The fourth-order valence-electron chi connectivity index (χ4n) is 1.59. The van der Waals surface area contributed by atoms with Gasteiger partial charge in [-0.1, -0.05) is 12.1 Å². The third kappa shape index (κ3) is 3.71. The summed E-state index contributed by atoms with van der Waals surface area (Å²) in [5, 5.41) is 0. The highest BCUT2D eigenvalue weighted by molar-refractivity contribution is 5.79. The average molecular weight is 239 g/mol. The van der Waals surface area contributed by atoms with Crippen molar-refractivity contribution in [2.24, 2.45) is 11.5 Å². The Labute approximate surface area is 100 Å². The number of carbonyl (C=O) groups excluding carboxylic acids is 1. The van der Waals surface area contributed by atoms with E-state index < -0.39 is 11.9 Å². The van der Waals surface area contributed by atoms with Gasteiger partial charge in [0.15, 0.2) is 0 Å². The van der Waals surface area contributed by atoms with Gasteiger partial charge in [-0.15, -0.1) is 0 Å². The van der Waals surface area contributed by atoms with Crippen LogP contribution in [0.3, 0.4) is 0 Å². The molecule has 1 amide bonds. The highest BCUT2D eigenvalue weighted by Gasteiger charge is 2.13. The van der Waals surface area contributed by atoms with Gasteiger partial charge in [0.1, 0.15) is 5.82 Å². The molecule has 0 heterocycles. The molecule has 17 heavy (non-hydrogen) atoms. The number of nitrogens with zero attached hydrogens (tertiary/aromatic N) is 1. The molecular formula is C12H18FN3O. The molecule has 1 rings (SSSR count). The molecule has 0 saturated carbocycles. The average Bonchev–Trinajstić information content (AvgIpc) is 2.31. The van der Waals surface area contributed by atoms with Gasteiger partial charge in [-0.2, -0.15) is 0 Å². The van der Waals surface area contributed by atoms with E-state index in [1.54, 1.807) is 18.2 Å². The lowest BCUT2D eigenvalue weighted by Crippen LogP contribution is -2.39. The van der Waals surface area contributed by atoms with Crippen LogP contribution in [0.5, 0.6) is 0 Å². The van der Waals surface area contributed by atoms with E-state index in [0.29, 0.717) is 25.2 Å². The highest BCUT2D eigenvalue weighted by Crippen LogP contribution is 2.18. The maximum Gasteiger partial charge on any atom is 0.234 e. The lowest BCUT2D eigenvalue weighted by atomic mass is 10.2. The Balaban J connectivity index is 2.67. The van der Waals surface area contributed by atoms with Crippen LogP contribution >= 0.6 is 0 Å². The van der Waals surface area contributed by atoms with E-state index in [2.05, 4.69) is 0 Å². The van der Waals surface area contributed by atoms with Crippen LogP contribution in [-0.4, -0.2) is 25.0 Å². The van der Waals surface area contributed by atoms with Gasteiger partial charge in [0, 0.05) is 13.1 Å². The number of anilines is 1. The van der Waals surface area contributed by atoms with Crippen molar-refractivity contribution in [3.8, 4) is 0 Å². The fourth-order valence-corrected chi connectivity index (χ4v) is 1.59. The SMILES string of the molecule is CCN(CCC(N)C(N)=O)c1ccccc1F. The van der Waals surface area contributed by atoms with Crippen LogP contribution in [0.1, 0.15) is 13.3 Å². The third-order valence-corrected chi connectivity index (χ3v) is 2.65. The summed E-state index contributed by atoms with van der Waals surface area (Å²) in [5.41, 5.74) is 11.1. The van der Waals surface area contributed by atoms with Crippen LogP contribution in [0.4, 0.5) is 10.1 Å². The standard InChI is InChI=1S/C12H18FN3O/c1-2-16(8-7-10(14)12(15)17)11-6-4-3-5-9(11)13/h3-6,10H,2,7-8,14H2,1H3,(H2,15,17). The maximum absolute atomic E-state index is 13.5. The summed E-state index contributed by atoms with van der Waals surface area (Å²) >= 11 is 0. The minimum absolute atomic E-state index is 0.276. The first kappa shape index (κ1) is 13.4. The van der Waals surface area contributed by atoms with Gasteiger partial charge < -0.3 is 16.4 Å². The predicted molar refractivity (Wildman–Crippen MR) is 66.1 cm³/mol. The predicted octanol–water partition coefficient (Wildman–Crippen LogP) is 0.855. The minimum atomic E-state index is -0.684. The van der Waals surface area contributed by atoms with Gasteiger partial charge in [-0.05, 0) is 25.5 Å². The molecule has 0 aromatic heterocycles. The summed E-state index contributed by atoms with van der Waals surface area (Å²) in [6.45, 7) is 3.07.